The largest absolute Gasteiger partial charge is 0.492 e. The van der Waals surface area contributed by atoms with Crippen molar-refractivity contribution in [3.63, 3.8) is 0 Å². The number of amides is 4. The van der Waals surface area contributed by atoms with Gasteiger partial charge in [0.15, 0.2) is 0 Å². The van der Waals surface area contributed by atoms with E-state index in [9.17, 15) is 42.3 Å². The van der Waals surface area contributed by atoms with E-state index in [0.717, 1.165) is 17.0 Å². The van der Waals surface area contributed by atoms with Crippen molar-refractivity contribution >= 4 is 29.6 Å². The zero-order valence-electron chi connectivity index (χ0n) is 34.9. The van der Waals surface area contributed by atoms with Crippen LogP contribution >= 0.6 is 0 Å². The third-order valence-corrected chi connectivity index (χ3v) is 10.4. The topological polar surface area (TPSA) is 241 Å². The molecule has 0 saturated carbocycles. The molecule has 0 radical (unpaired) electrons. The second kappa shape index (κ2) is 21.5. The zero-order valence-corrected chi connectivity index (χ0v) is 34.9. The molecule has 4 bridgehead atoms. The molecule has 336 valence electrons. The molecule has 0 saturated heterocycles. The van der Waals surface area contributed by atoms with Gasteiger partial charge in [0.05, 0.1) is 5.56 Å². The van der Waals surface area contributed by atoms with Crippen LogP contribution in [0.1, 0.15) is 59.3 Å². The average Bonchev–Trinajstić information content (AvgIpc) is 3.26. The first kappa shape index (κ1) is 47.5. The van der Waals surface area contributed by atoms with Crippen LogP contribution in [0.4, 0.5) is 13.2 Å². The number of carbonyl (C=O) groups is 5. The van der Waals surface area contributed by atoms with Gasteiger partial charge in [0.2, 0.25) is 17.7 Å². The molecule has 18 heteroatoms. The number of carboxylic acid groups (broad SMARTS) is 1. The van der Waals surface area contributed by atoms with E-state index in [1.54, 1.807) is 48.5 Å². The number of hydrogen-bond acceptors (Lipinski definition) is 10. The summed E-state index contributed by atoms with van der Waals surface area (Å²) in [5, 5.41) is 18.0. The van der Waals surface area contributed by atoms with Crippen LogP contribution < -0.4 is 42.6 Å². The van der Waals surface area contributed by atoms with Crippen LogP contribution in [-0.2, 0) is 31.8 Å². The van der Waals surface area contributed by atoms with E-state index in [-0.39, 0.29) is 50.3 Å². The summed E-state index contributed by atoms with van der Waals surface area (Å²) in [5.74, 6) is -3.48. The maximum absolute atomic E-state index is 14.6. The quantitative estimate of drug-likeness (QED) is 0.0800. The van der Waals surface area contributed by atoms with Crippen LogP contribution in [0, 0.1) is 0 Å². The molecule has 0 aliphatic carbocycles. The fraction of sp³-hybridized carbons (Fsp3) is 0.356. The summed E-state index contributed by atoms with van der Waals surface area (Å²) >= 11 is 0. The number of ether oxygens (including phenoxy) is 2. The number of aliphatic carboxylic acids is 1. The summed E-state index contributed by atoms with van der Waals surface area (Å²) in [5.41, 5.74) is 19.4. The van der Waals surface area contributed by atoms with Gasteiger partial charge in [-0.2, -0.15) is 13.2 Å². The molecule has 4 aromatic rings. The van der Waals surface area contributed by atoms with Gasteiger partial charge in [-0.05, 0) is 104 Å². The van der Waals surface area contributed by atoms with Crippen molar-refractivity contribution in [2.75, 3.05) is 39.9 Å². The highest BCUT2D eigenvalue weighted by Crippen LogP contribution is 2.40. The number of halogens is 3. The highest BCUT2D eigenvalue weighted by Gasteiger charge is 2.36. The van der Waals surface area contributed by atoms with Gasteiger partial charge in [-0.1, -0.05) is 36.4 Å². The lowest BCUT2D eigenvalue weighted by molar-refractivity contribution is -0.143. The summed E-state index contributed by atoms with van der Waals surface area (Å²) in [6, 6.07) is 15.3. The predicted octanol–water partition coefficient (Wildman–Crippen LogP) is 3.77. The van der Waals surface area contributed by atoms with E-state index in [0.29, 0.717) is 58.7 Å². The number of nitrogens with two attached hydrogens (primary N) is 3. The summed E-state index contributed by atoms with van der Waals surface area (Å²) in [6.07, 6.45) is -3.54. The second-order valence-corrected chi connectivity index (χ2v) is 15.0. The number of fused-ring (bicyclic) bond motifs is 5. The van der Waals surface area contributed by atoms with E-state index >= 15 is 0 Å². The molecule has 0 spiro atoms. The molecule has 10 N–H and O–H groups in total. The van der Waals surface area contributed by atoms with E-state index in [4.69, 9.17) is 26.7 Å². The number of likely N-dealkylation sites (N-methyl/N-ethyl adjacent to an activating group) is 1. The minimum absolute atomic E-state index is 0.111. The first-order chi connectivity index (χ1) is 30.1. The summed E-state index contributed by atoms with van der Waals surface area (Å²) in [6.45, 7) is 2.27. The number of rotatable bonds is 16. The zero-order chi connectivity index (χ0) is 45.8. The first-order valence-electron chi connectivity index (χ1n) is 20.4. The number of unbranched alkanes of at least 4 members (excludes halogenated alkanes) is 1. The van der Waals surface area contributed by atoms with Gasteiger partial charge in [0.25, 0.3) is 5.91 Å². The predicted molar refractivity (Wildman–Crippen MR) is 228 cm³/mol. The smallest absolute Gasteiger partial charge is 0.416 e. The Morgan fingerprint density at radius 1 is 0.810 bits per heavy atom. The molecule has 1 aliphatic rings. The van der Waals surface area contributed by atoms with Gasteiger partial charge in [-0.15, -0.1) is 0 Å². The van der Waals surface area contributed by atoms with E-state index in [1.807, 2.05) is 0 Å². The Hall–Kier alpha value is -6.50. The molecule has 4 atom stereocenters. The number of nitrogens with zero attached hydrogens (tertiary/aromatic N) is 1. The fourth-order valence-electron chi connectivity index (χ4n) is 7.10. The van der Waals surface area contributed by atoms with E-state index in [1.165, 1.54) is 38.2 Å². The lowest BCUT2D eigenvalue weighted by Gasteiger charge is -2.32. The SMILES string of the molecule is C[C@@H]1NC(=O)[C@@H](N(C)C(=O)[C@H](CCCCN)NC(=O)c2ccc(-c3ccc(C(F)(F)F)cc3)cc2)c2ccc(OCCN)c(c2)-c2cc(ccc2OCCN)C[C@@H](C(=O)O)NC1=O. The molecule has 0 fully saturated rings. The third-order valence-electron chi connectivity index (χ3n) is 10.4. The molecule has 0 unspecified atom stereocenters. The maximum atomic E-state index is 14.6. The Morgan fingerprint density at radius 2 is 1.40 bits per heavy atom. The van der Waals surface area contributed by atoms with Crippen molar-refractivity contribution in [3.05, 3.63) is 107 Å². The minimum atomic E-state index is -4.49. The Labute approximate surface area is 362 Å². The van der Waals surface area contributed by atoms with Gasteiger partial charge >= 0.3 is 12.1 Å². The van der Waals surface area contributed by atoms with Crippen LogP contribution in [0.2, 0.25) is 0 Å². The normalized spacial score (nSPS) is 17.0. The lowest BCUT2D eigenvalue weighted by atomic mass is 9.93. The van der Waals surface area contributed by atoms with Crippen molar-refractivity contribution < 1.29 is 51.7 Å². The van der Waals surface area contributed by atoms with Crippen LogP contribution in [0.3, 0.4) is 0 Å². The molecule has 63 heavy (non-hydrogen) atoms. The van der Waals surface area contributed by atoms with E-state index in [2.05, 4.69) is 16.0 Å². The molecule has 4 amide bonds. The van der Waals surface area contributed by atoms with Crippen molar-refractivity contribution in [2.24, 2.45) is 17.2 Å². The number of nitrogens with one attached hydrogen (secondary N) is 3. The van der Waals surface area contributed by atoms with Gasteiger partial charge in [-0.3, -0.25) is 19.2 Å². The summed E-state index contributed by atoms with van der Waals surface area (Å²) in [4.78, 5) is 69.8. The van der Waals surface area contributed by atoms with Crippen LogP contribution in [0.25, 0.3) is 22.3 Å². The van der Waals surface area contributed by atoms with Gasteiger partial charge in [0.1, 0.15) is 48.9 Å². The van der Waals surface area contributed by atoms with Crippen molar-refractivity contribution in [1.29, 1.82) is 0 Å². The Bertz CT molecular complexity index is 2260. The number of alkyl halides is 3. The molecule has 1 aliphatic heterocycles. The number of carbonyl (C=O) groups excluding carboxylic acids is 4. The monoisotopic (exact) mass is 875 g/mol. The van der Waals surface area contributed by atoms with Crippen molar-refractivity contribution in [2.45, 2.75) is 63.0 Å². The Kier molecular flexibility index (Phi) is 16.2. The van der Waals surface area contributed by atoms with Crippen LogP contribution in [0.5, 0.6) is 11.5 Å². The van der Waals surface area contributed by atoms with Gasteiger partial charge in [-0.25, -0.2) is 4.79 Å². The molecule has 1 heterocycles. The molecular weight excluding hydrogens is 824 g/mol. The molecule has 5 rings (SSSR count). The molecule has 15 nitrogen and oxygen atoms in total. The fourth-order valence-corrected chi connectivity index (χ4v) is 7.10. The third kappa shape index (κ3) is 12.1. The van der Waals surface area contributed by atoms with Gasteiger partial charge < -0.3 is 52.6 Å². The lowest BCUT2D eigenvalue weighted by Crippen LogP contribution is -2.54. The Balaban J connectivity index is 1.55. The highest BCUT2D eigenvalue weighted by molar-refractivity contribution is 5.99. The number of benzene rings is 4. The highest BCUT2D eigenvalue weighted by atomic mass is 19.4. The minimum Gasteiger partial charge on any atom is -0.492 e. The Morgan fingerprint density at radius 3 is 1.97 bits per heavy atom. The van der Waals surface area contributed by atoms with Crippen molar-refractivity contribution in [3.8, 4) is 33.8 Å². The van der Waals surface area contributed by atoms with E-state index < -0.39 is 65.5 Å². The van der Waals surface area contributed by atoms with Crippen molar-refractivity contribution in [1.82, 2.24) is 20.9 Å². The second-order valence-electron chi connectivity index (χ2n) is 15.0. The number of carboxylic acids is 1. The maximum Gasteiger partial charge on any atom is 0.416 e. The summed E-state index contributed by atoms with van der Waals surface area (Å²) < 4.78 is 51.4. The summed E-state index contributed by atoms with van der Waals surface area (Å²) in [7, 11) is 1.39. The molecule has 4 aromatic carbocycles. The van der Waals surface area contributed by atoms with Crippen LogP contribution in [-0.4, -0.2) is 97.6 Å². The van der Waals surface area contributed by atoms with Gasteiger partial charge in [0, 0.05) is 43.2 Å². The first-order valence-corrected chi connectivity index (χ1v) is 20.4. The standard InChI is InChI=1S/C45H52F3N7O8/c1-26-40(56)54-36(44(60)61)24-27-6-16-37(62-21-19-50)33(23-27)34-25-31(13-17-38(34)63-22-20-51)39(42(58)52-26)55(2)43(59)35(5-3-4-18-49)53-41(57)30-9-7-28(8-10-30)29-11-14-32(15-12-29)45(46,47)48/h6-17,23,25-26,35-36,39H,3-5,18-22,24,49-51H2,1-2H3,(H,52,58)(H,53,57)(H,54,56)(H,60,61)/t26-,35-,36-,39-/m0/s1. The average molecular weight is 876 g/mol. The molecule has 0 aromatic heterocycles. The number of hydrogen-bond donors (Lipinski definition) is 7. The molecular formula is C45H52F3N7O8. The van der Waals surface area contributed by atoms with Crippen LogP contribution in [0.15, 0.2) is 84.9 Å².